The van der Waals surface area contributed by atoms with Gasteiger partial charge in [-0.1, -0.05) is 0 Å². The van der Waals surface area contributed by atoms with Gasteiger partial charge in [0.1, 0.15) is 5.69 Å². The number of hydrogen-bond acceptors (Lipinski definition) is 5. The molecule has 6 heteroatoms. The molecular weight excluding hydrogens is 252 g/mol. The zero-order valence-corrected chi connectivity index (χ0v) is 11.1. The normalized spacial score (nSPS) is 19.0. The molecule has 0 saturated carbocycles. The van der Waals surface area contributed by atoms with Crippen molar-refractivity contribution in [3.63, 3.8) is 0 Å². The number of nitrogens with zero attached hydrogens (tertiary/aromatic N) is 2. The van der Waals surface area contributed by atoms with Crippen LogP contribution in [0.4, 0.5) is 0 Å². The Labute approximate surface area is 113 Å². The average molecular weight is 271 g/mol. The lowest BCUT2D eigenvalue weighted by atomic mass is 10.00. The molecule has 0 bridgehead atoms. The van der Waals surface area contributed by atoms with Gasteiger partial charge in [0.05, 0.1) is 12.7 Å². The van der Waals surface area contributed by atoms with E-state index in [0.717, 1.165) is 19.6 Å². The van der Waals surface area contributed by atoms with Gasteiger partial charge in [-0.3, -0.25) is 9.78 Å². The highest BCUT2D eigenvalue weighted by Gasteiger charge is 2.13. The van der Waals surface area contributed by atoms with Crippen molar-refractivity contribution in [3.05, 3.63) is 24.3 Å². The van der Waals surface area contributed by atoms with Crippen molar-refractivity contribution in [2.75, 3.05) is 26.2 Å². The van der Waals surface area contributed by atoms with Crippen molar-refractivity contribution in [3.8, 4) is 0 Å². The minimum Gasteiger partial charge on any atom is -0.316 e. The smallest absolute Gasteiger partial charge is 0.196 e. The minimum absolute atomic E-state index is 0. The summed E-state index contributed by atoms with van der Waals surface area (Å²) in [6.45, 7) is 3.40. The lowest BCUT2D eigenvalue weighted by molar-refractivity contribution is 0.0984. The Morgan fingerprint density at radius 2 is 2.39 bits per heavy atom. The van der Waals surface area contributed by atoms with Crippen LogP contribution in [0.25, 0.3) is 0 Å². The summed E-state index contributed by atoms with van der Waals surface area (Å²) in [5, 5.41) is 6.55. The van der Waals surface area contributed by atoms with Crippen LogP contribution in [0.1, 0.15) is 23.3 Å². The van der Waals surface area contributed by atoms with E-state index in [1.807, 2.05) is 0 Å². The molecular formula is C12H19ClN4O. The molecule has 1 unspecified atom stereocenters. The summed E-state index contributed by atoms with van der Waals surface area (Å²) >= 11 is 0. The summed E-state index contributed by atoms with van der Waals surface area (Å²) in [6.07, 6.45) is 7.08. The van der Waals surface area contributed by atoms with Crippen LogP contribution in [-0.4, -0.2) is 41.9 Å². The Bertz CT molecular complexity index is 354. The lowest BCUT2D eigenvalue weighted by Crippen LogP contribution is -2.37. The maximum absolute atomic E-state index is 11.7. The van der Waals surface area contributed by atoms with Crippen LogP contribution in [0.5, 0.6) is 0 Å². The van der Waals surface area contributed by atoms with Gasteiger partial charge in [0.2, 0.25) is 0 Å². The summed E-state index contributed by atoms with van der Waals surface area (Å²) in [4.78, 5) is 19.6. The summed E-state index contributed by atoms with van der Waals surface area (Å²) in [5.41, 5.74) is 0.432. The second-order valence-corrected chi connectivity index (χ2v) is 4.36. The lowest BCUT2D eigenvalue weighted by Gasteiger charge is -2.22. The molecule has 1 aliphatic rings. The van der Waals surface area contributed by atoms with Crippen LogP contribution in [0.15, 0.2) is 18.6 Å². The van der Waals surface area contributed by atoms with Gasteiger partial charge in [0, 0.05) is 12.4 Å². The van der Waals surface area contributed by atoms with Gasteiger partial charge in [-0.25, -0.2) is 4.98 Å². The molecule has 1 atom stereocenters. The van der Waals surface area contributed by atoms with Crippen molar-refractivity contribution in [1.29, 1.82) is 0 Å². The zero-order valence-electron chi connectivity index (χ0n) is 10.3. The predicted octanol–water partition coefficient (Wildman–Crippen LogP) is 0.670. The second-order valence-electron chi connectivity index (χ2n) is 4.36. The van der Waals surface area contributed by atoms with Gasteiger partial charge in [-0.05, 0) is 38.4 Å². The SMILES string of the molecule is Cl.O=C(CNCC1CCCNC1)c1cnccn1. The molecule has 1 saturated heterocycles. The monoisotopic (exact) mass is 270 g/mol. The van der Waals surface area contributed by atoms with E-state index in [2.05, 4.69) is 20.6 Å². The van der Waals surface area contributed by atoms with E-state index in [1.54, 1.807) is 6.20 Å². The fraction of sp³-hybridized carbons (Fsp3) is 0.583. The number of rotatable bonds is 5. The van der Waals surface area contributed by atoms with E-state index in [-0.39, 0.29) is 18.2 Å². The van der Waals surface area contributed by atoms with Crippen molar-refractivity contribution >= 4 is 18.2 Å². The van der Waals surface area contributed by atoms with E-state index in [0.29, 0.717) is 18.2 Å². The van der Waals surface area contributed by atoms with Crippen LogP contribution < -0.4 is 10.6 Å². The first-order valence-electron chi connectivity index (χ1n) is 6.07. The molecule has 0 radical (unpaired) electrons. The van der Waals surface area contributed by atoms with Crippen LogP contribution in [0, 0.1) is 5.92 Å². The van der Waals surface area contributed by atoms with Gasteiger partial charge in [-0.15, -0.1) is 12.4 Å². The number of piperidine rings is 1. The van der Waals surface area contributed by atoms with Gasteiger partial charge in [-0.2, -0.15) is 0 Å². The van der Waals surface area contributed by atoms with Crippen LogP contribution in [0.2, 0.25) is 0 Å². The number of hydrogen-bond donors (Lipinski definition) is 2. The molecule has 2 N–H and O–H groups in total. The number of carbonyl (C=O) groups excluding carboxylic acids is 1. The maximum atomic E-state index is 11.7. The zero-order chi connectivity index (χ0) is 11.9. The molecule has 5 nitrogen and oxygen atoms in total. The van der Waals surface area contributed by atoms with Crippen molar-refractivity contribution in [1.82, 2.24) is 20.6 Å². The Morgan fingerprint density at radius 1 is 1.50 bits per heavy atom. The highest BCUT2D eigenvalue weighted by molar-refractivity contribution is 5.95. The molecule has 0 aliphatic carbocycles. The Balaban J connectivity index is 0.00000162. The van der Waals surface area contributed by atoms with Crippen LogP contribution in [0.3, 0.4) is 0 Å². The average Bonchev–Trinajstić information content (AvgIpc) is 2.41. The van der Waals surface area contributed by atoms with E-state index in [9.17, 15) is 4.79 Å². The molecule has 0 amide bonds. The highest BCUT2D eigenvalue weighted by Crippen LogP contribution is 2.07. The molecule has 18 heavy (non-hydrogen) atoms. The summed E-state index contributed by atoms with van der Waals surface area (Å²) in [6, 6.07) is 0. The summed E-state index contributed by atoms with van der Waals surface area (Å²) < 4.78 is 0. The van der Waals surface area contributed by atoms with Gasteiger partial charge in [0.15, 0.2) is 5.78 Å². The van der Waals surface area contributed by atoms with Gasteiger partial charge in [0.25, 0.3) is 0 Å². The third-order valence-corrected chi connectivity index (χ3v) is 2.97. The van der Waals surface area contributed by atoms with Crippen molar-refractivity contribution in [2.24, 2.45) is 5.92 Å². The first-order valence-corrected chi connectivity index (χ1v) is 6.07. The Kier molecular flexibility index (Phi) is 6.78. The van der Waals surface area contributed by atoms with E-state index in [4.69, 9.17) is 0 Å². The number of halogens is 1. The molecule has 1 aromatic heterocycles. The van der Waals surface area contributed by atoms with E-state index >= 15 is 0 Å². The molecule has 1 fully saturated rings. The van der Waals surface area contributed by atoms with Crippen LogP contribution >= 0.6 is 12.4 Å². The molecule has 1 aromatic rings. The molecule has 0 spiro atoms. The van der Waals surface area contributed by atoms with E-state index < -0.39 is 0 Å². The second kappa shape index (κ2) is 8.13. The number of nitrogens with one attached hydrogen (secondary N) is 2. The molecule has 100 valence electrons. The molecule has 0 aromatic carbocycles. The quantitative estimate of drug-likeness (QED) is 0.770. The largest absolute Gasteiger partial charge is 0.316 e. The highest BCUT2D eigenvalue weighted by atomic mass is 35.5. The maximum Gasteiger partial charge on any atom is 0.196 e. The topological polar surface area (TPSA) is 66.9 Å². The van der Waals surface area contributed by atoms with Crippen LogP contribution in [-0.2, 0) is 0 Å². The third kappa shape index (κ3) is 4.68. The summed E-state index contributed by atoms with van der Waals surface area (Å²) in [7, 11) is 0. The predicted molar refractivity (Wildman–Crippen MR) is 72.1 cm³/mol. The van der Waals surface area contributed by atoms with Crippen molar-refractivity contribution in [2.45, 2.75) is 12.8 Å². The first-order chi connectivity index (χ1) is 8.36. The molecule has 2 rings (SSSR count). The van der Waals surface area contributed by atoms with Gasteiger partial charge < -0.3 is 10.6 Å². The van der Waals surface area contributed by atoms with E-state index in [1.165, 1.54) is 25.2 Å². The minimum atomic E-state index is 0. The van der Waals surface area contributed by atoms with Gasteiger partial charge >= 0.3 is 0 Å². The fourth-order valence-electron chi connectivity index (χ4n) is 2.02. The Hall–Kier alpha value is -1.04. The Morgan fingerprint density at radius 3 is 3.06 bits per heavy atom. The number of carbonyl (C=O) groups is 1. The number of aromatic nitrogens is 2. The first kappa shape index (κ1) is 15.0. The molecule has 2 heterocycles. The third-order valence-electron chi connectivity index (χ3n) is 2.97. The number of Topliss-reactive ketones (excluding diaryl/α,β-unsaturated/α-hetero) is 1. The van der Waals surface area contributed by atoms with Crippen molar-refractivity contribution < 1.29 is 4.79 Å². The standard InChI is InChI=1S/C12H18N4O.ClH/c17-12(11-8-14-4-5-16-11)9-15-7-10-2-1-3-13-6-10;/h4-5,8,10,13,15H,1-3,6-7,9H2;1H. The molecule has 1 aliphatic heterocycles. The summed E-state index contributed by atoms with van der Waals surface area (Å²) in [5.74, 6) is 0.639. The fourth-order valence-corrected chi connectivity index (χ4v) is 2.02. The number of ketones is 1.